The molecule has 4 rings (SSSR count). The Hall–Kier alpha value is -3.18. The van der Waals surface area contributed by atoms with Crippen LogP contribution in [0.3, 0.4) is 0 Å². The molecule has 1 amide bonds. The van der Waals surface area contributed by atoms with Crippen LogP contribution in [0, 0.1) is 6.92 Å². The minimum Gasteiger partial charge on any atom is -0.354 e. The zero-order chi connectivity index (χ0) is 17.9. The lowest BCUT2D eigenvalue weighted by molar-refractivity contribution is 0.102. The predicted octanol–water partition coefficient (Wildman–Crippen LogP) is 5.60. The molecule has 2 N–H and O–H groups in total. The topological polar surface area (TPSA) is 54.0 Å². The molecule has 128 valence electrons. The summed E-state index contributed by atoms with van der Waals surface area (Å²) in [6.07, 6.45) is 3.36. The summed E-state index contributed by atoms with van der Waals surface area (Å²) < 4.78 is 1.10. The van der Waals surface area contributed by atoms with Crippen LogP contribution in [-0.2, 0) is 0 Å². The van der Waals surface area contributed by atoms with E-state index in [9.17, 15) is 4.79 Å². The van der Waals surface area contributed by atoms with Crippen LogP contribution in [0.25, 0.3) is 10.1 Å². The second-order valence-electron chi connectivity index (χ2n) is 5.96. The third kappa shape index (κ3) is 3.17. The molecule has 0 aliphatic carbocycles. The lowest BCUT2D eigenvalue weighted by Gasteiger charge is -2.14. The fourth-order valence-corrected chi connectivity index (χ4v) is 3.75. The molecule has 0 aliphatic rings. The van der Waals surface area contributed by atoms with Crippen molar-refractivity contribution < 1.29 is 4.79 Å². The van der Waals surface area contributed by atoms with Crippen LogP contribution in [0.2, 0.25) is 0 Å². The molecule has 0 unspecified atom stereocenters. The molecule has 0 aliphatic heterocycles. The van der Waals surface area contributed by atoms with E-state index in [2.05, 4.69) is 15.6 Å². The van der Waals surface area contributed by atoms with Crippen molar-refractivity contribution in [2.45, 2.75) is 6.92 Å². The number of benzene rings is 2. The van der Waals surface area contributed by atoms with Gasteiger partial charge < -0.3 is 10.6 Å². The van der Waals surface area contributed by atoms with Gasteiger partial charge in [0.15, 0.2) is 0 Å². The number of nitrogens with one attached hydrogen (secondary N) is 2. The first-order chi connectivity index (χ1) is 12.7. The summed E-state index contributed by atoms with van der Waals surface area (Å²) >= 11 is 1.57. The highest BCUT2D eigenvalue weighted by Crippen LogP contribution is 2.29. The molecule has 4 nitrogen and oxygen atoms in total. The second kappa shape index (κ2) is 6.98. The molecule has 26 heavy (non-hydrogen) atoms. The number of para-hydroxylation sites is 1. The van der Waals surface area contributed by atoms with Crippen LogP contribution in [0.1, 0.15) is 15.9 Å². The summed E-state index contributed by atoms with van der Waals surface area (Å²) in [5, 5.41) is 9.22. The van der Waals surface area contributed by atoms with Gasteiger partial charge in [-0.1, -0.05) is 36.4 Å². The molecule has 0 spiro atoms. The maximum absolute atomic E-state index is 12.8. The predicted molar refractivity (Wildman–Crippen MR) is 108 cm³/mol. The number of hydrogen-bond donors (Lipinski definition) is 2. The van der Waals surface area contributed by atoms with Gasteiger partial charge in [0.25, 0.3) is 5.91 Å². The number of pyridine rings is 1. The summed E-state index contributed by atoms with van der Waals surface area (Å²) in [6.45, 7) is 2.04. The Labute approximate surface area is 155 Å². The highest BCUT2D eigenvalue weighted by Gasteiger charge is 2.14. The van der Waals surface area contributed by atoms with E-state index in [4.69, 9.17) is 0 Å². The van der Waals surface area contributed by atoms with Crippen LogP contribution in [0.4, 0.5) is 17.1 Å². The van der Waals surface area contributed by atoms with Gasteiger partial charge in [-0.05, 0) is 30.7 Å². The van der Waals surface area contributed by atoms with Gasteiger partial charge >= 0.3 is 0 Å². The summed E-state index contributed by atoms with van der Waals surface area (Å²) in [5.74, 6) is -0.136. The molecule has 4 aromatic rings. The molecule has 2 aromatic carbocycles. The van der Waals surface area contributed by atoms with Gasteiger partial charge in [-0.3, -0.25) is 9.78 Å². The van der Waals surface area contributed by atoms with Crippen molar-refractivity contribution >= 4 is 44.4 Å². The third-order valence-electron chi connectivity index (χ3n) is 4.21. The smallest absolute Gasteiger partial charge is 0.257 e. The van der Waals surface area contributed by atoms with Crippen molar-refractivity contribution in [3.63, 3.8) is 0 Å². The zero-order valence-electron chi connectivity index (χ0n) is 14.2. The minimum atomic E-state index is -0.136. The van der Waals surface area contributed by atoms with Crippen LogP contribution in [-0.4, -0.2) is 10.9 Å². The van der Waals surface area contributed by atoms with E-state index in [0.29, 0.717) is 11.3 Å². The first kappa shape index (κ1) is 16.3. The lowest BCUT2D eigenvalue weighted by Crippen LogP contribution is -2.13. The third-order valence-corrected chi connectivity index (χ3v) is 5.17. The van der Waals surface area contributed by atoms with Gasteiger partial charge in [-0.15, -0.1) is 11.3 Å². The van der Waals surface area contributed by atoms with Gasteiger partial charge in [0, 0.05) is 27.4 Å². The number of anilines is 3. The molecular weight excluding hydrogens is 342 g/mol. The number of aromatic nitrogens is 1. The number of amides is 1. The molecular formula is C21H17N3OS. The maximum atomic E-state index is 12.8. The van der Waals surface area contributed by atoms with Crippen molar-refractivity contribution in [1.29, 1.82) is 0 Å². The van der Waals surface area contributed by atoms with E-state index in [1.54, 1.807) is 23.7 Å². The Bertz CT molecular complexity index is 1090. The first-order valence-corrected chi connectivity index (χ1v) is 9.14. The van der Waals surface area contributed by atoms with Crippen molar-refractivity contribution in [1.82, 2.24) is 4.98 Å². The Morgan fingerprint density at radius 2 is 1.77 bits per heavy atom. The van der Waals surface area contributed by atoms with Crippen molar-refractivity contribution in [2.24, 2.45) is 0 Å². The van der Waals surface area contributed by atoms with Crippen molar-refractivity contribution in [3.05, 3.63) is 83.5 Å². The fourth-order valence-electron chi connectivity index (χ4n) is 2.80. The molecule has 5 heteroatoms. The molecule has 0 saturated carbocycles. The summed E-state index contributed by atoms with van der Waals surface area (Å²) in [5.41, 5.74) is 4.26. The van der Waals surface area contributed by atoms with Crippen molar-refractivity contribution in [3.8, 4) is 0 Å². The van der Waals surface area contributed by atoms with Crippen LogP contribution in [0.15, 0.2) is 72.4 Å². The zero-order valence-corrected chi connectivity index (χ0v) is 15.0. The number of hydrogen-bond acceptors (Lipinski definition) is 4. The van der Waals surface area contributed by atoms with E-state index in [0.717, 1.165) is 27.0 Å². The molecule has 0 saturated heterocycles. The minimum absolute atomic E-state index is 0.136. The molecule has 0 bridgehead atoms. The Morgan fingerprint density at radius 3 is 2.65 bits per heavy atom. The van der Waals surface area contributed by atoms with E-state index < -0.39 is 0 Å². The van der Waals surface area contributed by atoms with Gasteiger partial charge in [-0.2, -0.15) is 0 Å². The number of thiophene rings is 1. The highest BCUT2D eigenvalue weighted by atomic mass is 32.1. The largest absolute Gasteiger partial charge is 0.354 e. The average Bonchev–Trinajstić information content (AvgIpc) is 3.09. The Morgan fingerprint density at radius 1 is 0.962 bits per heavy atom. The van der Waals surface area contributed by atoms with Crippen LogP contribution in [0.5, 0.6) is 0 Å². The number of nitrogens with zero attached hydrogens (tertiary/aromatic N) is 1. The van der Waals surface area contributed by atoms with Crippen LogP contribution >= 0.6 is 11.3 Å². The van der Waals surface area contributed by atoms with Gasteiger partial charge in [0.1, 0.15) is 0 Å². The summed E-state index contributed by atoms with van der Waals surface area (Å²) in [6, 6.07) is 17.8. The van der Waals surface area contributed by atoms with E-state index in [-0.39, 0.29) is 5.91 Å². The monoisotopic (exact) mass is 359 g/mol. The Kier molecular flexibility index (Phi) is 4.37. The number of carbonyl (C=O) groups excluding carboxylic acids is 1. The number of aryl methyl sites for hydroxylation is 1. The number of carbonyl (C=O) groups is 1. The van der Waals surface area contributed by atoms with E-state index in [1.165, 1.54) is 0 Å². The lowest BCUT2D eigenvalue weighted by atomic mass is 10.1. The molecule has 2 heterocycles. The van der Waals surface area contributed by atoms with Gasteiger partial charge in [-0.25, -0.2) is 0 Å². The van der Waals surface area contributed by atoms with Crippen LogP contribution < -0.4 is 10.6 Å². The molecule has 2 aromatic heterocycles. The van der Waals surface area contributed by atoms with Gasteiger partial charge in [0.05, 0.1) is 23.1 Å². The standard InChI is InChI=1S/C21H17N3OS/c1-14-6-2-4-8-17(14)23-18-10-11-22-12-19(18)24-21(25)16-13-26-20-9-5-3-7-15(16)20/h2-13H,1H3,(H,22,23)(H,24,25). The maximum Gasteiger partial charge on any atom is 0.257 e. The van der Waals surface area contributed by atoms with E-state index >= 15 is 0 Å². The average molecular weight is 359 g/mol. The van der Waals surface area contributed by atoms with Gasteiger partial charge in [0.2, 0.25) is 0 Å². The number of fused-ring (bicyclic) bond motifs is 1. The van der Waals surface area contributed by atoms with Crippen molar-refractivity contribution in [2.75, 3.05) is 10.6 Å². The summed E-state index contributed by atoms with van der Waals surface area (Å²) in [7, 11) is 0. The quantitative estimate of drug-likeness (QED) is 0.498. The molecule has 0 fully saturated rings. The fraction of sp³-hybridized carbons (Fsp3) is 0.0476. The SMILES string of the molecule is Cc1ccccc1Nc1ccncc1NC(=O)c1csc2ccccc12. The first-order valence-electron chi connectivity index (χ1n) is 8.26. The van der Waals surface area contributed by atoms with E-state index in [1.807, 2.05) is 66.9 Å². The molecule has 0 radical (unpaired) electrons. The summed E-state index contributed by atoms with van der Waals surface area (Å²) in [4.78, 5) is 17.0. The normalized spacial score (nSPS) is 10.7. The number of rotatable bonds is 4. The molecule has 0 atom stereocenters. The second-order valence-corrected chi connectivity index (χ2v) is 6.87. The highest BCUT2D eigenvalue weighted by molar-refractivity contribution is 7.17. The Balaban J connectivity index is 1.63.